The first-order valence-corrected chi connectivity index (χ1v) is 9.64. The van der Waals surface area contributed by atoms with E-state index in [9.17, 15) is 13.2 Å². The summed E-state index contributed by atoms with van der Waals surface area (Å²) in [6.45, 7) is 2.93. The summed E-state index contributed by atoms with van der Waals surface area (Å²) in [4.78, 5) is 8.17. The first-order valence-electron chi connectivity index (χ1n) is 9.24. The summed E-state index contributed by atoms with van der Waals surface area (Å²) in [7, 11) is 0. The minimum Gasteiger partial charge on any atom is -0.360 e. The number of halogens is 3. The van der Waals surface area contributed by atoms with Gasteiger partial charge in [-0.15, -0.1) is 0 Å². The Labute approximate surface area is 156 Å². The molecular formula is C18H23F3N4S. The fourth-order valence-electron chi connectivity index (χ4n) is 4.55. The molecule has 1 saturated heterocycles. The lowest BCUT2D eigenvalue weighted by Crippen LogP contribution is -2.54. The van der Waals surface area contributed by atoms with Gasteiger partial charge in [-0.3, -0.25) is 0 Å². The maximum absolute atomic E-state index is 12.6. The topological polar surface area (TPSA) is 31.4 Å². The van der Waals surface area contributed by atoms with E-state index < -0.39 is 11.7 Å². The highest BCUT2D eigenvalue weighted by atomic mass is 32.1. The van der Waals surface area contributed by atoms with Crippen LogP contribution in [0.2, 0.25) is 0 Å². The van der Waals surface area contributed by atoms with E-state index in [1.54, 1.807) is 0 Å². The van der Waals surface area contributed by atoms with Crippen molar-refractivity contribution in [3.63, 3.8) is 0 Å². The molecule has 1 aromatic heterocycles. The van der Waals surface area contributed by atoms with Crippen LogP contribution in [0.1, 0.15) is 31.2 Å². The Morgan fingerprint density at radius 2 is 1.88 bits per heavy atom. The number of hydrogen-bond acceptors (Lipinski definition) is 3. The SMILES string of the molecule is FC(F)(F)c1ccc(N2CCN(C(=S)N[C@@H]3C[C@@H]4CC[C@@H]3C4)CC2)nc1. The fourth-order valence-corrected chi connectivity index (χ4v) is 4.88. The lowest BCUT2D eigenvalue weighted by Gasteiger charge is -2.38. The van der Waals surface area contributed by atoms with Crippen LogP contribution >= 0.6 is 12.2 Å². The molecule has 2 bridgehead atoms. The number of piperazine rings is 1. The van der Waals surface area contributed by atoms with Gasteiger partial charge in [0.1, 0.15) is 5.82 Å². The second kappa shape index (κ2) is 6.87. The van der Waals surface area contributed by atoms with Gasteiger partial charge >= 0.3 is 6.18 Å². The summed E-state index contributed by atoms with van der Waals surface area (Å²) in [6.07, 6.45) is 1.82. The Hall–Kier alpha value is -1.57. The van der Waals surface area contributed by atoms with Crippen LogP contribution in [-0.4, -0.2) is 47.2 Å². The molecule has 4 nitrogen and oxygen atoms in total. The molecule has 26 heavy (non-hydrogen) atoms. The molecule has 0 amide bonds. The predicted octanol–water partition coefficient (Wildman–Crippen LogP) is 3.29. The van der Waals surface area contributed by atoms with Crippen LogP contribution in [0.5, 0.6) is 0 Å². The summed E-state index contributed by atoms with van der Waals surface area (Å²) in [5, 5.41) is 4.38. The zero-order valence-electron chi connectivity index (χ0n) is 14.5. The number of nitrogens with one attached hydrogen (secondary N) is 1. The quantitative estimate of drug-likeness (QED) is 0.791. The highest BCUT2D eigenvalue weighted by Gasteiger charge is 2.40. The zero-order chi connectivity index (χ0) is 18.3. The Kier molecular flexibility index (Phi) is 4.71. The van der Waals surface area contributed by atoms with Gasteiger partial charge in [-0.25, -0.2) is 4.98 Å². The maximum atomic E-state index is 12.6. The van der Waals surface area contributed by atoms with Crippen molar-refractivity contribution in [1.29, 1.82) is 0 Å². The van der Waals surface area contributed by atoms with Crippen molar-refractivity contribution in [2.24, 2.45) is 11.8 Å². The second-order valence-corrected chi connectivity index (χ2v) is 7.99. The summed E-state index contributed by atoms with van der Waals surface area (Å²) in [6, 6.07) is 3.07. The van der Waals surface area contributed by atoms with E-state index in [0.717, 1.165) is 42.3 Å². The molecule has 0 aromatic carbocycles. The molecule has 2 heterocycles. The van der Waals surface area contributed by atoms with E-state index in [2.05, 4.69) is 15.2 Å². The molecule has 4 rings (SSSR count). The highest BCUT2D eigenvalue weighted by Crippen LogP contribution is 2.44. The monoisotopic (exact) mass is 384 g/mol. The Morgan fingerprint density at radius 1 is 1.12 bits per heavy atom. The van der Waals surface area contributed by atoms with Gasteiger partial charge in [0.15, 0.2) is 5.11 Å². The van der Waals surface area contributed by atoms with Crippen molar-refractivity contribution < 1.29 is 13.2 Å². The average Bonchev–Trinajstić information content (AvgIpc) is 3.24. The van der Waals surface area contributed by atoms with Crippen molar-refractivity contribution in [3.8, 4) is 0 Å². The molecule has 3 atom stereocenters. The first kappa shape index (κ1) is 17.8. The molecule has 1 aliphatic heterocycles. The lowest BCUT2D eigenvalue weighted by atomic mass is 9.95. The third-order valence-electron chi connectivity index (χ3n) is 6.01. The standard InChI is InChI=1S/C18H23F3N4S/c19-18(20,21)14-3-4-16(22-11-14)24-5-7-25(8-6-24)17(26)23-15-10-12-1-2-13(15)9-12/h3-4,11-13,15H,1-2,5-10H2,(H,23,26)/t12-,13-,15-/m1/s1. The smallest absolute Gasteiger partial charge is 0.360 e. The van der Waals surface area contributed by atoms with Gasteiger partial charge in [-0.1, -0.05) is 6.42 Å². The van der Waals surface area contributed by atoms with Gasteiger partial charge in [0.05, 0.1) is 5.56 Å². The molecule has 1 aromatic rings. The third-order valence-corrected chi connectivity index (χ3v) is 6.39. The molecule has 0 unspecified atom stereocenters. The second-order valence-electron chi connectivity index (χ2n) is 7.61. The molecule has 2 saturated carbocycles. The van der Waals surface area contributed by atoms with Gasteiger partial charge in [0.2, 0.25) is 0 Å². The van der Waals surface area contributed by atoms with Crippen LogP contribution < -0.4 is 10.2 Å². The molecule has 0 spiro atoms. The van der Waals surface area contributed by atoms with Crippen molar-refractivity contribution >= 4 is 23.1 Å². The number of aromatic nitrogens is 1. The summed E-state index contributed by atoms with van der Waals surface area (Å²) < 4.78 is 37.9. The minimum atomic E-state index is -4.35. The minimum absolute atomic E-state index is 0.524. The van der Waals surface area contributed by atoms with Gasteiger partial charge < -0.3 is 15.1 Å². The largest absolute Gasteiger partial charge is 0.417 e. The Balaban J connectivity index is 1.29. The van der Waals surface area contributed by atoms with Crippen LogP contribution in [0.3, 0.4) is 0 Å². The summed E-state index contributed by atoms with van der Waals surface area (Å²) in [5.41, 5.74) is -0.712. The lowest BCUT2D eigenvalue weighted by molar-refractivity contribution is -0.137. The van der Waals surface area contributed by atoms with E-state index >= 15 is 0 Å². The molecule has 142 valence electrons. The van der Waals surface area contributed by atoms with Crippen LogP contribution in [-0.2, 0) is 6.18 Å². The van der Waals surface area contributed by atoms with Gasteiger partial charge in [-0.2, -0.15) is 13.2 Å². The zero-order valence-corrected chi connectivity index (χ0v) is 15.3. The number of fused-ring (bicyclic) bond motifs is 2. The number of rotatable bonds is 2. The Bertz CT molecular complexity index is 655. The molecule has 3 aliphatic rings. The van der Waals surface area contributed by atoms with Crippen LogP contribution in [0.15, 0.2) is 18.3 Å². The van der Waals surface area contributed by atoms with E-state index in [4.69, 9.17) is 12.2 Å². The van der Waals surface area contributed by atoms with Crippen molar-refractivity contribution in [3.05, 3.63) is 23.9 Å². The van der Waals surface area contributed by atoms with Gasteiger partial charge in [0.25, 0.3) is 0 Å². The van der Waals surface area contributed by atoms with Crippen molar-refractivity contribution in [2.75, 3.05) is 31.1 Å². The molecule has 2 aliphatic carbocycles. The van der Waals surface area contributed by atoms with Crippen molar-refractivity contribution in [1.82, 2.24) is 15.2 Å². The third kappa shape index (κ3) is 3.61. The first-order chi connectivity index (χ1) is 12.4. The van der Waals surface area contributed by atoms with Crippen LogP contribution in [0.25, 0.3) is 0 Å². The summed E-state index contributed by atoms with van der Waals surface area (Å²) in [5.74, 6) is 2.24. The molecule has 3 fully saturated rings. The van der Waals surface area contributed by atoms with E-state index in [1.165, 1.54) is 31.7 Å². The number of thiocarbonyl (C=S) groups is 1. The molecule has 1 N–H and O–H groups in total. The van der Waals surface area contributed by atoms with Crippen LogP contribution in [0, 0.1) is 11.8 Å². The van der Waals surface area contributed by atoms with Crippen molar-refractivity contribution in [2.45, 2.75) is 37.9 Å². The number of alkyl halides is 3. The number of hydrogen-bond donors (Lipinski definition) is 1. The molecular weight excluding hydrogens is 361 g/mol. The van der Waals surface area contributed by atoms with E-state index in [0.29, 0.717) is 24.9 Å². The maximum Gasteiger partial charge on any atom is 0.417 e. The van der Waals surface area contributed by atoms with E-state index in [1.807, 2.05) is 4.90 Å². The molecule has 8 heteroatoms. The number of anilines is 1. The van der Waals surface area contributed by atoms with Crippen LogP contribution in [0.4, 0.5) is 19.0 Å². The fraction of sp³-hybridized carbons (Fsp3) is 0.667. The predicted molar refractivity (Wildman–Crippen MR) is 98.0 cm³/mol. The van der Waals surface area contributed by atoms with E-state index in [-0.39, 0.29) is 0 Å². The van der Waals surface area contributed by atoms with Gasteiger partial charge in [0, 0.05) is 38.4 Å². The number of pyridine rings is 1. The average molecular weight is 384 g/mol. The van der Waals surface area contributed by atoms with Gasteiger partial charge in [-0.05, 0) is 55.4 Å². The number of nitrogens with zero attached hydrogens (tertiary/aromatic N) is 3. The Morgan fingerprint density at radius 3 is 2.42 bits per heavy atom. The normalized spacial score (nSPS) is 28.5. The molecule has 0 radical (unpaired) electrons. The summed E-state index contributed by atoms with van der Waals surface area (Å²) >= 11 is 5.60. The highest BCUT2D eigenvalue weighted by molar-refractivity contribution is 7.80.